The normalized spacial score (nSPS) is 15.1. The number of rotatable bonds is 3. The van der Waals surface area contributed by atoms with Gasteiger partial charge in [-0.2, -0.15) is 0 Å². The first-order chi connectivity index (χ1) is 9.61. The van der Waals surface area contributed by atoms with E-state index in [9.17, 15) is 0 Å². The van der Waals surface area contributed by atoms with Crippen LogP contribution in [0, 0.1) is 20.8 Å². The Bertz CT molecular complexity index is 621. The Balaban J connectivity index is 1.63. The van der Waals surface area contributed by atoms with E-state index < -0.39 is 0 Å². The van der Waals surface area contributed by atoms with Crippen LogP contribution in [-0.2, 0) is 0 Å². The Hall–Kier alpha value is -2.10. The highest BCUT2D eigenvalue weighted by Gasteiger charge is 2.30. The molecule has 1 aromatic heterocycles. The smallest absolute Gasteiger partial charge is 0.150 e. The molecule has 2 aromatic rings. The van der Waals surface area contributed by atoms with Crippen LogP contribution >= 0.6 is 0 Å². The second-order valence-electron chi connectivity index (χ2n) is 5.38. The van der Waals surface area contributed by atoms with E-state index in [0.717, 1.165) is 36.0 Å². The van der Waals surface area contributed by atoms with E-state index in [1.165, 1.54) is 5.56 Å². The third-order valence-electron chi connectivity index (χ3n) is 3.49. The van der Waals surface area contributed by atoms with Gasteiger partial charge in [-0.25, -0.2) is 4.98 Å². The van der Waals surface area contributed by atoms with E-state index in [4.69, 9.17) is 4.74 Å². The first-order valence-corrected chi connectivity index (χ1v) is 6.90. The van der Waals surface area contributed by atoms with E-state index in [1.807, 2.05) is 26.0 Å². The zero-order valence-electron chi connectivity index (χ0n) is 12.1. The number of aromatic nitrogens is 2. The summed E-state index contributed by atoms with van der Waals surface area (Å²) in [5, 5.41) is 0. The van der Waals surface area contributed by atoms with E-state index in [0.29, 0.717) is 0 Å². The molecule has 0 bridgehead atoms. The van der Waals surface area contributed by atoms with Crippen molar-refractivity contribution in [2.45, 2.75) is 26.9 Å². The highest BCUT2D eigenvalue weighted by molar-refractivity contribution is 5.46. The molecular formula is C16H19N3O. The molecule has 2 heterocycles. The number of ether oxygens (including phenoxy) is 1. The average Bonchev–Trinajstić information content (AvgIpc) is 2.37. The van der Waals surface area contributed by atoms with Crippen molar-refractivity contribution in [1.82, 2.24) is 9.97 Å². The first-order valence-electron chi connectivity index (χ1n) is 6.90. The van der Waals surface area contributed by atoms with Crippen LogP contribution in [0.4, 0.5) is 5.82 Å². The fourth-order valence-electron chi connectivity index (χ4n) is 2.39. The lowest BCUT2D eigenvalue weighted by atomic mass is 10.1. The number of nitrogens with zero attached hydrogens (tertiary/aromatic N) is 3. The Morgan fingerprint density at radius 2 is 2.00 bits per heavy atom. The summed E-state index contributed by atoms with van der Waals surface area (Å²) >= 11 is 0. The van der Waals surface area contributed by atoms with Gasteiger partial charge in [0, 0.05) is 6.20 Å². The lowest BCUT2D eigenvalue weighted by molar-refractivity contribution is 0.166. The van der Waals surface area contributed by atoms with Gasteiger partial charge in [0.2, 0.25) is 0 Å². The summed E-state index contributed by atoms with van der Waals surface area (Å²) in [6.07, 6.45) is 2.04. The standard InChI is InChI=1S/C16H19N3O/c1-11-5-4-6-14(7-11)20-15-9-19(10-15)16-13(3)17-8-12(2)18-16/h4-8,15H,9-10H2,1-3H3. The molecule has 0 aliphatic carbocycles. The monoisotopic (exact) mass is 269 g/mol. The zero-order chi connectivity index (χ0) is 14.1. The Kier molecular flexibility index (Phi) is 3.30. The van der Waals surface area contributed by atoms with Gasteiger partial charge in [-0.1, -0.05) is 12.1 Å². The van der Waals surface area contributed by atoms with Gasteiger partial charge in [0.1, 0.15) is 11.9 Å². The van der Waals surface area contributed by atoms with Gasteiger partial charge < -0.3 is 9.64 Å². The third-order valence-corrected chi connectivity index (χ3v) is 3.49. The predicted molar refractivity (Wildman–Crippen MR) is 79.3 cm³/mol. The van der Waals surface area contributed by atoms with Crippen molar-refractivity contribution in [3.8, 4) is 5.75 Å². The summed E-state index contributed by atoms with van der Waals surface area (Å²) in [7, 11) is 0. The minimum absolute atomic E-state index is 0.235. The molecule has 104 valence electrons. The van der Waals surface area contributed by atoms with E-state index in [2.05, 4.69) is 33.9 Å². The summed E-state index contributed by atoms with van der Waals surface area (Å²) in [6.45, 7) is 7.78. The maximum Gasteiger partial charge on any atom is 0.150 e. The van der Waals surface area contributed by atoms with Crippen LogP contribution in [0.1, 0.15) is 17.0 Å². The molecule has 1 fully saturated rings. The molecule has 4 heteroatoms. The van der Waals surface area contributed by atoms with E-state index >= 15 is 0 Å². The third kappa shape index (κ3) is 2.59. The molecule has 1 saturated heterocycles. The van der Waals surface area contributed by atoms with Crippen molar-refractivity contribution in [3.05, 3.63) is 47.4 Å². The SMILES string of the molecule is Cc1cccc(OC2CN(c3nc(C)cnc3C)C2)c1. The van der Waals surface area contributed by atoms with Crippen LogP contribution in [0.2, 0.25) is 0 Å². The summed E-state index contributed by atoms with van der Waals surface area (Å²) in [4.78, 5) is 11.1. The summed E-state index contributed by atoms with van der Waals surface area (Å²) in [5.74, 6) is 1.93. The number of hydrogen-bond acceptors (Lipinski definition) is 4. The van der Waals surface area contributed by atoms with Crippen molar-refractivity contribution in [1.29, 1.82) is 0 Å². The molecule has 0 radical (unpaired) electrons. The van der Waals surface area contributed by atoms with Crippen molar-refractivity contribution in [2.75, 3.05) is 18.0 Å². The topological polar surface area (TPSA) is 38.2 Å². The van der Waals surface area contributed by atoms with Crippen LogP contribution in [0.15, 0.2) is 30.5 Å². The van der Waals surface area contributed by atoms with E-state index in [-0.39, 0.29) is 6.10 Å². The van der Waals surface area contributed by atoms with Crippen LogP contribution in [-0.4, -0.2) is 29.2 Å². The molecule has 0 saturated carbocycles. The minimum atomic E-state index is 0.235. The second-order valence-corrected chi connectivity index (χ2v) is 5.38. The maximum atomic E-state index is 5.96. The van der Waals surface area contributed by atoms with Crippen LogP contribution in [0.25, 0.3) is 0 Å². The molecule has 1 aromatic carbocycles. The van der Waals surface area contributed by atoms with Crippen LogP contribution in [0.3, 0.4) is 0 Å². The van der Waals surface area contributed by atoms with Crippen LogP contribution < -0.4 is 9.64 Å². The van der Waals surface area contributed by atoms with Gasteiger partial charge in [0.25, 0.3) is 0 Å². The molecule has 0 N–H and O–H groups in total. The number of aryl methyl sites for hydroxylation is 3. The molecule has 0 atom stereocenters. The van der Waals surface area contributed by atoms with Gasteiger partial charge in [-0.3, -0.25) is 4.98 Å². The molecule has 0 unspecified atom stereocenters. The van der Waals surface area contributed by atoms with Crippen molar-refractivity contribution in [3.63, 3.8) is 0 Å². The molecule has 0 spiro atoms. The van der Waals surface area contributed by atoms with Gasteiger partial charge in [-0.05, 0) is 38.5 Å². The fourth-order valence-corrected chi connectivity index (χ4v) is 2.39. The molecule has 20 heavy (non-hydrogen) atoms. The second kappa shape index (κ2) is 5.12. The Labute approximate surface area is 119 Å². The molecule has 3 rings (SSSR count). The lowest BCUT2D eigenvalue weighted by Crippen LogP contribution is -2.54. The van der Waals surface area contributed by atoms with Gasteiger partial charge >= 0.3 is 0 Å². The zero-order valence-corrected chi connectivity index (χ0v) is 12.1. The molecule has 1 aliphatic heterocycles. The summed E-state index contributed by atoms with van der Waals surface area (Å²) in [6, 6.07) is 8.18. The van der Waals surface area contributed by atoms with E-state index in [1.54, 1.807) is 6.20 Å². The largest absolute Gasteiger partial charge is 0.487 e. The highest BCUT2D eigenvalue weighted by Crippen LogP contribution is 2.24. The highest BCUT2D eigenvalue weighted by atomic mass is 16.5. The molecule has 1 aliphatic rings. The van der Waals surface area contributed by atoms with Gasteiger partial charge in [-0.15, -0.1) is 0 Å². The first kappa shape index (κ1) is 12.9. The number of anilines is 1. The van der Waals surface area contributed by atoms with Crippen molar-refractivity contribution >= 4 is 5.82 Å². The van der Waals surface area contributed by atoms with Gasteiger partial charge in [0.15, 0.2) is 5.82 Å². The Morgan fingerprint density at radius 3 is 2.75 bits per heavy atom. The fraction of sp³-hybridized carbons (Fsp3) is 0.375. The quantitative estimate of drug-likeness (QED) is 0.858. The predicted octanol–water partition coefficient (Wildman–Crippen LogP) is 2.67. The molecule has 0 amide bonds. The lowest BCUT2D eigenvalue weighted by Gasteiger charge is -2.40. The summed E-state index contributed by atoms with van der Waals surface area (Å²) < 4.78 is 5.96. The Morgan fingerprint density at radius 1 is 1.20 bits per heavy atom. The summed E-state index contributed by atoms with van der Waals surface area (Å²) in [5.41, 5.74) is 3.15. The molecular weight excluding hydrogens is 250 g/mol. The molecule has 4 nitrogen and oxygen atoms in total. The maximum absolute atomic E-state index is 5.96. The minimum Gasteiger partial charge on any atom is -0.487 e. The average molecular weight is 269 g/mol. The van der Waals surface area contributed by atoms with Crippen molar-refractivity contribution in [2.24, 2.45) is 0 Å². The number of hydrogen-bond donors (Lipinski definition) is 0. The number of benzene rings is 1. The van der Waals surface area contributed by atoms with Gasteiger partial charge in [0.05, 0.1) is 24.5 Å². The van der Waals surface area contributed by atoms with Crippen LogP contribution in [0.5, 0.6) is 5.75 Å². The van der Waals surface area contributed by atoms with Crippen molar-refractivity contribution < 1.29 is 4.74 Å².